The molecule has 0 saturated heterocycles. The number of hydrogen-bond donors (Lipinski definition) is 0. The van der Waals surface area contributed by atoms with Gasteiger partial charge in [0.25, 0.3) is 0 Å². The first-order valence-electron chi connectivity index (χ1n) is 12.1. The molecule has 0 saturated carbocycles. The lowest BCUT2D eigenvalue weighted by atomic mass is 9.94. The van der Waals surface area contributed by atoms with E-state index in [2.05, 4.69) is 34.6 Å². The van der Waals surface area contributed by atoms with Crippen LogP contribution in [0.15, 0.2) is 0 Å². The van der Waals surface area contributed by atoms with E-state index in [1.807, 2.05) is 0 Å². The molecular weight excluding hydrogens is 370 g/mol. The minimum Gasteiger partial charge on any atom is -1.00 e. The summed E-state index contributed by atoms with van der Waals surface area (Å²) in [5, 5.41) is 0. The Labute approximate surface area is 181 Å². The summed E-state index contributed by atoms with van der Waals surface area (Å²) in [4.78, 5) is 0. The van der Waals surface area contributed by atoms with Gasteiger partial charge in [-0.2, -0.15) is 0 Å². The van der Waals surface area contributed by atoms with Crippen LogP contribution in [0.5, 0.6) is 0 Å². The van der Waals surface area contributed by atoms with Crippen molar-refractivity contribution in [2.75, 3.05) is 26.2 Å². The Morgan fingerprint density at radius 1 is 0.630 bits per heavy atom. The Morgan fingerprint density at radius 2 is 1.15 bits per heavy atom. The molecule has 2 nitrogen and oxygen atoms in total. The minimum atomic E-state index is -0.483. The highest BCUT2D eigenvalue weighted by Gasteiger charge is 2.28. The van der Waals surface area contributed by atoms with Gasteiger partial charge < -0.3 is 21.0 Å². The molecule has 0 radical (unpaired) electrons. The monoisotopic (exact) mass is 421 g/mol. The van der Waals surface area contributed by atoms with Gasteiger partial charge in [0.2, 0.25) is 0 Å². The third-order valence-electron chi connectivity index (χ3n) is 5.95. The van der Waals surface area contributed by atoms with Gasteiger partial charge in [0, 0.05) is 6.61 Å². The quantitative estimate of drug-likeness (QED) is 0.215. The highest BCUT2D eigenvalue weighted by molar-refractivity contribution is 6.17. The molecule has 166 valence electrons. The molecule has 0 spiro atoms. The summed E-state index contributed by atoms with van der Waals surface area (Å²) < 4.78 is 7.54. The second-order valence-corrected chi connectivity index (χ2v) is 10.5. The van der Waals surface area contributed by atoms with Crippen molar-refractivity contribution in [1.29, 1.82) is 0 Å². The second-order valence-electron chi connectivity index (χ2n) is 8.49. The van der Waals surface area contributed by atoms with Gasteiger partial charge in [0.15, 0.2) is 0 Å². The van der Waals surface area contributed by atoms with E-state index in [1.54, 1.807) is 0 Å². The van der Waals surface area contributed by atoms with Crippen molar-refractivity contribution in [1.82, 2.24) is 0 Å². The van der Waals surface area contributed by atoms with Crippen LogP contribution < -0.4 is 12.4 Å². The molecule has 0 aliphatic heterocycles. The third-order valence-corrected chi connectivity index (χ3v) is 8.03. The van der Waals surface area contributed by atoms with Gasteiger partial charge in [-0.3, -0.25) is 0 Å². The van der Waals surface area contributed by atoms with E-state index in [9.17, 15) is 0 Å². The van der Waals surface area contributed by atoms with E-state index < -0.39 is 9.92 Å². The Kier molecular flexibility index (Phi) is 23.2. The average molecular weight is 422 g/mol. The Bertz CT molecular complexity index is 274. The van der Waals surface area contributed by atoms with E-state index in [-0.39, 0.29) is 12.4 Å². The molecule has 0 aliphatic rings. The van der Waals surface area contributed by atoms with Crippen molar-refractivity contribution in [3.8, 4) is 0 Å². The molecule has 0 N–H and O–H groups in total. The molecule has 0 aromatic rings. The summed E-state index contributed by atoms with van der Waals surface area (Å²) in [6.07, 6.45) is 18.1. The zero-order valence-corrected chi connectivity index (χ0v) is 21.7. The topological polar surface area (TPSA) is 9.23 Å². The fourth-order valence-electron chi connectivity index (χ4n) is 4.27. The van der Waals surface area contributed by atoms with E-state index in [0.717, 1.165) is 12.5 Å². The summed E-state index contributed by atoms with van der Waals surface area (Å²) in [5.41, 5.74) is 0. The van der Waals surface area contributed by atoms with Gasteiger partial charge >= 0.3 is 9.92 Å². The van der Waals surface area contributed by atoms with E-state index in [4.69, 9.17) is 4.43 Å². The van der Waals surface area contributed by atoms with Crippen molar-refractivity contribution < 1.29 is 21.0 Å². The Morgan fingerprint density at radius 3 is 1.56 bits per heavy atom. The molecule has 0 aromatic carbocycles. The molecule has 0 aliphatic carbocycles. The second kappa shape index (κ2) is 21.1. The van der Waals surface area contributed by atoms with Crippen LogP contribution in [0.2, 0.25) is 0 Å². The molecule has 27 heavy (non-hydrogen) atoms. The summed E-state index contributed by atoms with van der Waals surface area (Å²) >= 11 is 0. The van der Waals surface area contributed by atoms with Gasteiger partial charge in [-0.15, -0.1) is 0 Å². The van der Waals surface area contributed by atoms with E-state index in [1.165, 1.54) is 107 Å². The first-order valence-corrected chi connectivity index (χ1v) is 13.3. The molecule has 0 atom stereocenters. The van der Waals surface area contributed by atoms with Crippen LogP contribution in [0.3, 0.4) is 0 Å². The van der Waals surface area contributed by atoms with Crippen molar-refractivity contribution in [2.24, 2.45) is 5.92 Å². The summed E-state index contributed by atoms with van der Waals surface area (Å²) in [6.45, 7) is 16.6. The van der Waals surface area contributed by atoms with Crippen molar-refractivity contribution >= 4 is 9.92 Å². The van der Waals surface area contributed by atoms with Crippen LogP contribution in [0.25, 0.3) is 0 Å². The van der Waals surface area contributed by atoms with Gasteiger partial charge in [-0.05, 0) is 44.9 Å². The smallest absolute Gasteiger partial charge is 0.406 e. The zero-order chi connectivity index (χ0) is 19.5. The largest absolute Gasteiger partial charge is 1.00 e. The van der Waals surface area contributed by atoms with Crippen LogP contribution in [0.4, 0.5) is 0 Å². The van der Waals surface area contributed by atoms with Crippen molar-refractivity contribution in [3.63, 3.8) is 0 Å². The lowest BCUT2D eigenvalue weighted by Gasteiger charge is -2.40. The predicted octanol–water partition coefficient (Wildman–Crippen LogP) is 3.61. The molecule has 0 amide bonds. The van der Waals surface area contributed by atoms with E-state index >= 15 is 0 Å². The Hall–Kier alpha value is 0.427. The molecule has 0 heterocycles. The number of quaternary nitrogens is 1. The fourth-order valence-corrected chi connectivity index (χ4v) is 5.85. The maximum atomic E-state index is 6.18. The number of rotatable bonds is 20. The van der Waals surface area contributed by atoms with E-state index in [0.29, 0.717) is 0 Å². The number of nitrogens with zero attached hydrogens (tertiary/aromatic N) is 1. The lowest BCUT2D eigenvalue weighted by Crippen LogP contribution is -3.00. The minimum absolute atomic E-state index is 0. The standard InChI is InChI=1S/C23H52NOSi.ClH/c1-6-11-13-15-20-24(26-25-10-5,21-16-14-12-7-2)22-19-23(17-8-3)18-9-4;/h23H,6-22,26H2,1-5H3;1H/q+1;/p-1. The predicted molar refractivity (Wildman–Crippen MR) is 121 cm³/mol. The molecule has 0 bridgehead atoms. The summed E-state index contributed by atoms with van der Waals surface area (Å²) in [7, 11) is -0.483. The van der Waals surface area contributed by atoms with Crippen LogP contribution in [0.1, 0.15) is 118 Å². The molecule has 0 fully saturated rings. The van der Waals surface area contributed by atoms with Crippen molar-refractivity contribution in [3.05, 3.63) is 0 Å². The summed E-state index contributed by atoms with van der Waals surface area (Å²) in [6, 6.07) is 0. The number of halogens is 1. The number of unbranched alkanes of at least 4 members (excludes halogenated alkanes) is 6. The highest BCUT2D eigenvalue weighted by atomic mass is 35.5. The van der Waals surface area contributed by atoms with Gasteiger partial charge in [-0.1, -0.05) is 79.1 Å². The van der Waals surface area contributed by atoms with Crippen LogP contribution >= 0.6 is 0 Å². The Balaban J connectivity index is 0. The zero-order valence-electron chi connectivity index (χ0n) is 19.5. The molecule has 0 aromatic heterocycles. The highest BCUT2D eigenvalue weighted by Crippen LogP contribution is 2.22. The molecule has 4 heteroatoms. The SMILES string of the molecule is CCCCCC[N+](CCCCCC)(CCC(CCC)CCC)[SiH2]OCC.[Cl-]. The van der Waals surface area contributed by atoms with Gasteiger partial charge in [-0.25, -0.2) is 0 Å². The van der Waals surface area contributed by atoms with Crippen LogP contribution in [-0.2, 0) is 4.43 Å². The first kappa shape index (κ1) is 29.6. The normalized spacial score (nSPS) is 12.2. The maximum absolute atomic E-state index is 6.18. The van der Waals surface area contributed by atoms with Crippen LogP contribution in [-0.4, -0.2) is 40.3 Å². The third kappa shape index (κ3) is 16.0. The van der Waals surface area contributed by atoms with Gasteiger partial charge in [0.1, 0.15) is 0 Å². The lowest BCUT2D eigenvalue weighted by molar-refractivity contribution is -0.830. The molecular formula is C23H52ClNOSi. The van der Waals surface area contributed by atoms with Gasteiger partial charge in [0.05, 0.1) is 19.6 Å². The number of hydrogen-bond acceptors (Lipinski definition) is 1. The fraction of sp³-hybridized carbons (Fsp3) is 1.00. The van der Waals surface area contributed by atoms with Crippen molar-refractivity contribution in [2.45, 2.75) is 118 Å². The van der Waals surface area contributed by atoms with Crippen LogP contribution in [0, 0.1) is 5.92 Å². The molecule has 0 unspecified atom stereocenters. The average Bonchev–Trinajstić information content (AvgIpc) is 2.65. The molecule has 0 rings (SSSR count). The maximum Gasteiger partial charge on any atom is 0.406 e. The first-order chi connectivity index (χ1) is 12.7. The summed E-state index contributed by atoms with van der Waals surface area (Å²) in [5.74, 6) is 0.949.